The number of benzene rings is 3. The van der Waals surface area contributed by atoms with Crippen LogP contribution in [0.15, 0.2) is 62.8 Å². The molecule has 0 heterocycles. The van der Waals surface area contributed by atoms with Crippen LogP contribution in [-0.2, 0) is 20.0 Å². The normalized spacial score (nSPS) is 11.4. The molecule has 3 aromatic rings. The van der Waals surface area contributed by atoms with Gasteiger partial charge in [-0.3, -0.25) is 19.6 Å². The van der Waals surface area contributed by atoms with Gasteiger partial charge >= 0.3 is 0 Å². The maximum absolute atomic E-state index is 13.8. The summed E-state index contributed by atoms with van der Waals surface area (Å²) < 4.78 is 70.2. The van der Waals surface area contributed by atoms with Crippen molar-refractivity contribution >= 4 is 76.5 Å². The quantitative estimate of drug-likeness (QED) is 0.246. The Morgan fingerprint density at radius 3 is 2.22 bits per heavy atom. The molecule has 0 aliphatic rings. The summed E-state index contributed by atoms with van der Waals surface area (Å²) in [5.41, 5.74) is -0.274. The van der Waals surface area contributed by atoms with Gasteiger partial charge in [0.15, 0.2) is 0 Å². The fourth-order valence-electron chi connectivity index (χ4n) is 2.99. The number of terminal acetylenes is 1. The van der Waals surface area contributed by atoms with Crippen LogP contribution in [0.1, 0.15) is 15.9 Å². The molecule has 0 radical (unpaired) electrons. The lowest BCUT2D eigenvalue weighted by molar-refractivity contribution is 0.0970. The minimum atomic E-state index is -4.42. The number of carbonyl (C=O) groups is 1. The van der Waals surface area contributed by atoms with Gasteiger partial charge in [-0.1, -0.05) is 29.6 Å². The average molecular weight is 635 g/mol. The molecule has 36 heavy (non-hydrogen) atoms. The summed E-state index contributed by atoms with van der Waals surface area (Å²) in [5.74, 6) is -1.58. The molecule has 3 rings (SSSR count). The molecular formula is C22H15BrCl2FN3O5S2. The van der Waals surface area contributed by atoms with Gasteiger partial charge in [0.2, 0.25) is 0 Å². The smallest absolute Gasteiger partial charge is 0.264 e. The second-order valence-corrected chi connectivity index (χ2v) is 12.3. The van der Waals surface area contributed by atoms with Gasteiger partial charge in [-0.15, -0.1) is 0 Å². The monoisotopic (exact) mass is 633 g/mol. The van der Waals surface area contributed by atoms with Gasteiger partial charge in [0.1, 0.15) is 10.7 Å². The molecule has 8 nitrogen and oxygen atoms in total. The van der Waals surface area contributed by atoms with Gasteiger partial charge in [-0.25, -0.2) is 21.2 Å². The highest BCUT2D eigenvalue weighted by Gasteiger charge is 2.25. The van der Waals surface area contributed by atoms with Crippen molar-refractivity contribution in [2.24, 2.45) is 0 Å². The third-order valence-corrected chi connectivity index (χ3v) is 8.44. The van der Waals surface area contributed by atoms with Crippen LogP contribution in [0.25, 0.3) is 0 Å². The first-order valence-electron chi connectivity index (χ1n) is 9.61. The highest BCUT2D eigenvalue weighted by Crippen LogP contribution is 2.29. The topological polar surface area (TPSA) is 121 Å². The summed E-state index contributed by atoms with van der Waals surface area (Å²) in [7, 11) is -8.64. The van der Waals surface area contributed by atoms with Gasteiger partial charge in [0, 0.05) is 21.8 Å². The van der Waals surface area contributed by atoms with E-state index in [1.807, 2.05) is 11.4 Å². The Bertz CT molecular complexity index is 1620. The summed E-state index contributed by atoms with van der Waals surface area (Å²) in [6.45, 7) is 1.49. The molecule has 0 aromatic heterocycles. The molecule has 0 saturated heterocycles. The van der Waals surface area contributed by atoms with Gasteiger partial charge in [-0.05, 0) is 76.9 Å². The van der Waals surface area contributed by atoms with E-state index in [0.29, 0.717) is 0 Å². The van der Waals surface area contributed by atoms with Crippen molar-refractivity contribution in [2.75, 3.05) is 9.44 Å². The minimum absolute atomic E-state index is 0.0157. The van der Waals surface area contributed by atoms with Crippen LogP contribution in [0.5, 0.6) is 0 Å². The third kappa shape index (κ3) is 6.29. The zero-order valence-corrected chi connectivity index (χ0v) is 22.8. The number of aryl methyl sites for hydroxylation is 1. The van der Waals surface area contributed by atoms with Crippen LogP contribution in [-0.4, -0.2) is 22.7 Å². The number of nitrogens with one attached hydrogen (secondary N) is 3. The Morgan fingerprint density at radius 2 is 1.61 bits per heavy atom. The number of hydrogen-bond donors (Lipinski definition) is 3. The van der Waals surface area contributed by atoms with Crippen molar-refractivity contribution in [3.8, 4) is 12.5 Å². The lowest BCUT2D eigenvalue weighted by atomic mass is 10.2. The van der Waals surface area contributed by atoms with Crippen LogP contribution in [0.3, 0.4) is 0 Å². The largest absolute Gasteiger partial charge is 0.281 e. The number of anilines is 2. The summed E-state index contributed by atoms with van der Waals surface area (Å²) >= 11 is 14.8. The zero-order valence-electron chi connectivity index (χ0n) is 18.1. The van der Waals surface area contributed by atoms with E-state index in [9.17, 15) is 26.0 Å². The van der Waals surface area contributed by atoms with Gasteiger partial charge in [0.25, 0.3) is 26.0 Å². The van der Waals surface area contributed by atoms with Crippen molar-refractivity contribution in [3.63, 3.8) is 0 Å². The van der Waals surface area contributed by atoms with Crippen molar-refractivity contribution in [1.82, 2.24) is 5.32 Å². The van der Waals surface area contributed by atoms with Crippen molar-refractivity contribution in [2.45, 2.75) is 16.7 Å². The molecule has 14 heteroatoms. The molecule has 0 bridgehead atoms. The van der Waals surface area contributed by atoms with Crippen LogP contribution in [0.2, 0.25) is 10.0 Å². The van der Waals surface area contributed by atoms with E-state index in [2.05, 4.69) is 25.4 Å². The first kappa shape index (κ1) is 27.8. The molecule has 0 saturated carbocycles. The SMILES string of the molecule is C#CNC(=O)c1cc(NS(=O)(=O)c2cc(Cl)cc(Cl)c2)ccc1S(=O)(=O)Nc1cc(Br)c(F)cc1C. The molecule has 0 fully saturated rings. The second-order valence-electron chi connectivity index (χ2n) is 7.21. The molecule has 3 aromatic carbocycles. The molecule has 0 aliphatic heterocycles. The molecule has 0 unspecified atom stereocenters. The van der Waals surface area contributed by atoms with E-state index in [4.69, 9.17) is 29.6 Å². The second kappa shape index (κ2) is 10.7. The van der Waals surface area contributed by atoms with Crippen molar-refractivity contribution in [3.05, 3.63) is 80.0 Å². The molecule has 0 atom stereocenters. The number of halogens is 4. The maximum Gasteiger partial charge on any atom is 0.264 e. The standard InChI is InChI=1S/C22H15BrCl2FN3O5S2/c1-3-27-22(30)17-10-15(28-35(31,32)16-8-13(24)7-14(25)9-16)4-5-21(17)36(33,34)29-20-11-18(23)19(26)6-12(20)2/h1,4-11,28-29H,2H3,(H,27,30). The van der Waals surface area contributed by atoms with E-state index in [-0.39, 0.29) is 36.4 Å². The predicted molar refractivity (Wildman–Crippen MR) is 140 cm³/mol. The van der Waals surface area contributed by atoms with E-state index in [0.717, 1.165) is 36.4 Å². The fourth-order valence-corrected chi connectivity index (χ4v) is 6.42. The van der Waals surface area contributed by atoms with Crippen LogP contribution < -0.4 is 14.8 Å². The van der Waals surface area contributed by atoms with E-state index >= 15 is 0 Å². The van der Waals surface area contributed by atoms with E-state index in [1.54, 1.807) is 0 Å². The van der Waals surface area contributed by atoms with Crippen LogP contribution in [0.4, 0.5) is 15.8 Å². The maximum atomic E-state index is 13.8. The van der Waals surface area contributed by atoms with E-state index in [1.165, 1.54) is 19.1 Å². The molecule has 3 N–H and O–H groups in total. The molecular weight excluding hydrogens is 620 g/mol. The number of carbonyl (C=O) groups excluding carboxylic acids is 1. The Balaban J connectivity index is 2.06. The summed E-state index contributed by atoms with van der Waals surface area (Å²) in [5, 5.41) is 2.18. The summed E-state index contributed by atoms with van der Waals surface area (Å²) in [6.07, 6.45) is 5.12. The molecule has 188 valence electrons. The minimum Gasteiger partial charge on any atom is -0.281 e. The molecule has 0 spiro atoms. The number of hydrogen-bond acceptors (Lipinski definition) is 5. The Kier molecular flexibility index (Phi) is 8.22. The summed E-state index contributed by atoms with van der Waals surface area (Å²) in [4.78, 5) is 11.8. The van der Waals surface area contributed by atoms with Gasteiger partial charge in [-0.2, -0.15) is 0 Å². The lowest BCUT2D eigenvalue weighted by Gasteiger charge is -2.15. The first-order chi connectivity index (χ1) is 16.7. The third-order valence-electron chi connectivity index (χ3n) is 4.61. The fraction of sp³-hybridized carbons (Fsp3) is 0.0455. The van der Waals surface area contributed by atoms with Gasteiger partial charge < -0.3 is 0 Å². The zero-order chi connectivity index (χ0) is 26.8. The van der Waals surface area contributed by atoms with Crippen LogP contribution in [0, 0.1) is 25.2 Å². The Labute approximate surface area is 225 Å². The molecule has 0 aliphatic carbocycles. The summed E-state index contributed by atoms with van der Waals surface area (Å²) in [6, 6.07) is 11.1. The molecule has 1 amide bonds. The first-order valence-corrected chi connectivity index (χ1v) is 14.1. The Morgan fingerprint density at radius 1 is 0.972 bits per heavy atom. The lowest BCUT2D eigenvalue weighted by Crippen LogP contribution is -2.24. The number of sulfonamides is 2. The Hall–Kier alpha value is -2.82. The van der Waals surface area contributed by atoms with Crippen LogP contribution >= 0.6 is 39.1 Å². The predicted octanol–water partition coefficient (Wildman–Crippen LogP) is 5.13. The highest BCUT2D eigenvalue weighted by atomic mass is 79.9. The average Bonchev–Trinajstić information content (AvgIpc) is 2.76. The number of amides is 1. The van der Waals surface area contributed by atoms with Crippen molar-refractivity contribution < 1.29 is 26.0 Å². The van der Waals surface area contributed by atoms with E-state index < -0.39 is 42.2 Å². The number of rotatable bonds is 7. The van der Waals surface area contributed by atoms with Gasteiger partial charge in [0.05, 0.1) is 20.6 Å². The highest BCUT2D eigenvalue weighted by molar-refractivity contribution is 9.10. The van der Waals surface area contributed by atoms with Crippen molar-refractivity contribution in [1.29, 1.82) is 0 Å².